The number of nitrogens with two attached hydrogens (primary N) is 2. The molecule has 36 heavy (non-hydrogen) atoms. The van der Waals surface area contributed by atoms with Crippen LogP contribution in [0.4, 0.5) is 0 Å². The highest BCUT2D eigenvalue weighted by Crippen LogP contribution is 2.56. The van der Waals surface area contributed by atoms with Gasteiger partial charge < -0.3 is 21.7 Å². The van der Waals surface area contributed by atoms with Crippen LogP contribution < -0.4 is 11.5 Å². The third-order valence-electron chi connectivity index (χ3n) is 8.04. The predicted molar refractivity (Wildman–Crippen MR) is 146 cm³/mol. The van der Waals surface area contributed by atoms with Crippen molar-refractivity contribution < 1.29 is 19.8 Å². The molecule has 1 aromatic rings. The smallest absolute Gasteiger partial charge is 0.328 e. The third kappa shape index (κ3) is 7.53. The summed E-state index contributed by atoms with van der Waals surface area (Å²) in [6.45, 7) is 14.3. The molecule has 1 unspecified atom stereocenters. The number of fused-ring (bicyclic) bond motifs is 1. The highest BCUT2D eigenvalue weighted by Gasteiger charge is 2.50. The number of carboxylic acid groups (broad SMARTS) is 2. The number of unbranched alkanes of at least 4 members (excludes halogenated alkanes) is 1. The first kappa shape index (κ1) is 29.8. The molecule has 0 radical (unpaired) electrons. The van der Waals surface area contributed by atoms with E-state index in [0.717, 1.165) is 24.8 Å². The number of rotatable bonds is 9. The van der Waals surface area contributed by atoms with Crippen molar-refractivity contribution in [3.05, 3.63) is 58.7 Å². The predicted octanol–water partition coefficient (Wildman–Crippen LogP) is 5.43. The molecular weight excluding hydrogens is 452 g/mol. The van der Waals surface area contributed by atoms with Gasteiger partial charge in [-0.3, -0.25) is 4.79 Å². The minimum Gasteiger partial charge on any atom is -0.480 e. The summed E-state index contributed by atoms with van der Waals surface area (Å²) in [5.41, 5.74) is 16.3. The van der Waals surface area contributed by atoms with Gasteiger partial charge in [0.05, 0.1) is 0 Å². The van der Waals surface area contributed by atoms with Gasteiger partial charge in [0.2, 0.25) is 0 Å². The molecular formula is C30H46N2O4. The lowest BCUT2D eigenvalue weighted by Crippen LogP contribution is -2.34. The zero-order valence-electron chi connectivity index (χ0n) is 22.9. The number of allylic oxidation sites excluding steroid dienone is 3. The highest BCUT2D eigenvalue weighted by molar-refractivity contribution is 5.81. The summed E-state index contributed by atoms with van der Waals surface area (Å²) in [6, 6.07) is 6.44. The van der Waals surface area contributed by atoms with Gasteiger partial charge in [0.15, 0.2) is 0 Å². The molecule has 0 heterocycles. The maximum atomic E-state index is 10.8. The fourth-order valence-corrected chi connectivity index (χ4v) is 5.10. The summed E-state index contributed by atoms with van der Waals surface area (Å²) < 4.78 is 0. The van der Waals surface area contributed by atoms with Crippen molar-refractivity contribution >= 4 is 11.9 Å². The van der Waals surface area contributed by atoms with Crippen molar-refractivity contribution in [2.45, 2.75) is 102 Å². The van der Waals surface area contributed by atoms with E-state index in [4.69, 9.17) is 21.7 Å². The average Bonchev–Trinajstić information content (AvgIpc) is 3.46. The Labute approximate surface area is 216 Å². The number of aliphatic carboxylic acids is 2. The second kappa shape index (κ2) is 11.7. The number of carbonyl (C=O) groups is 2. The van der Waals surface area contributed by atoms with Gasteiger partial charge in [-0.25, -0.2) is 4.79 Å². The second-order valence-electron chi connectivity index (χ2n) is 12.1. The largest absolute Gasteiger partial charge is 0.480 e. The van der Waals surface area contributed by atoms with Crippen molar-refractivity contribution in [1.82, 2.24) is 0 Å². The lowest BCUT2D eigenvalue weighted by atomic mass is 9.62. The van der Waals surface area contributed by atoms with E-state index >= 15 is 0 Å². The fraction of sp³-hybridized carbons (Fsp3) is 0.600. The number of carboxylic acids is 2. The number of hydrogen-bond acceptors (Lipinski definition) is 4. The van der Waals surface area contributed by atoms with Crippen LogP contribution in [0, 0.1) is 5.92 Å². The highest BCUT2D eigenvalue weighted by atomic mass is 16.4. The molecule has 1 aromatic carbocycles. The Morgan fingerprint density at radius 1 is 1.06 bits per heavy atom. The lowest BCUT2D eigenvalue weighted by Gasteiger charge is -2.42. The van der Waals surface area contributed by atoms with Crippen molar-refractivity contribution in [2.75, 3.05) is 6.54 Å². The molecule has 200 valence electrons. The summed E-state index contributed by atoms with van der Waals surface area (Å²) >= 11 is 0. The van der Waals surface area contributed by atoms with Gasteiger partial charge in [-0.15, -0.1) is 0 Å². The van der Waals surface area contributed by atoms with E-state index in [-0.39, 0.29) is 16.2 Å². The van der Waals surface area contributed by atoms with Gasteiger partial charge in [-0.05, 0) is 90.0 Å². The van der Waals surface area contributed by atoms with E-state index in [1.54, 1.807) is 0 Å². The van der Waals surface area contributed by atoms with Gasteiger partial charge in [-0.1, -0.05) is 71.4 Å². The van der Waals surface area contributed by atoms with Crippen LogP contribution >= 0.6 is 0 Å². The minimum absolute atomic E-state index is 0.173. The first-order valence-corrected chi connectivity index (χ1v) is 13.1. The first-order chi connectivity index (χ1) is 16.6. The summed E-state index contributed by atoms with van der Waals surface area (Å²) in [5.74, 6) is -1.33. The van der Waals surface area contributed by atoms with E-state index < -0.39 is 18.0 Å². The molecule has 0 bridgehead atoms. The van der Waals surface area contributed by atoms with Crippen LogP contribution in [-0.2, 0) is 25.8 Å². The third-order valence-corrected chi connectivity index (χ3v) is 8.04. The second-order valence-corrected chi connectivity index (χ2v) is 12.1. The number of hydrogen-bond donors (Lipinski definition) is 4. The molecule has 2 aliphatic rings. The zero-order valence-corrected chi connectivity index (χ0v) is 22.9. The van der Waals surface area contributed by atoms with Crippen molar-refractivity contribution in [1.29, 1.82) is 0 Å². The van der Waals surface area contributed by atoms with Crippen LogP contribution in [0.1, 0.15) is 96.8 Å². The van der Waals surface area contributed by atoms with E-state index in [1.165, 1.54) is 35.6 Å². The van der Waals surface area contributed by atoms with Crippen molar-refractivity contribution in [3.8, 4) is 0 Å². The molecule has 3 rings (SSSR count). The van der Waals surface area contributed by atoms with Gasteiger partial charge in [0.1, 0.15) is 6.04 Å². The molecule has 1 fully saturated rings. The van der Waals surface area contributed by atoms with Crippen molar-refractivity contribution in [3.63, 3.8) is 0 Å². The summed E-state index contributed by atoms with van der Waals surface area (Å²) in [5, 5.41) is 17.2. The Morgan fingerprint density at radius 2 is 1.67 bits per heavy atom. The normalized spacial score (nSPS) is 24.9. The average molecular weight is 499 g/mol. The van der Waals surface area contributed by atoms with Gasteiger partial charge in [0.25, 0.3) is 0 Å². The van der Waals surface area contributed by atoms with Crippen molar-refractivity contribution in [2.24, 2.45) is 17.4 Å². The van der Waals surface area contributed by atoms with Crippen LogP contribution in [0.15, 0.2) is 42.0 Å². The zero-order chi connectivity index (χ0) is 27.3. The Morgan fingerprint density at radius 3 is 2.22 bits per heavy atom. The molecule has 6 heteroatoms. The molecule has 0 saturated heterocycles. The van der Waals surface area contributed by atoms with E-state index in [0.29, 0.717) is 18.9 Å². The van der Waals surface area contributed by atoms with E-state index in [9.17, 15) is 9.59 Å². The summed E-state index contributed by atoms with van der Waals surface area (Å²) in [7, 11) is 0. The summed E-state index contributed by atoms with van der Waals surface area (Å²) in [4.78, 5) is 20.9. The summed E-state index contributed by atoms with van der Waals surface area (Å²) in [6.07, 6.45) is 11.2. The molecule has 0 aliphatic heterocycles. The van der Waals surface area contributed by atoms with E-state index in [2.05, 4.69) is 58.9 Å². The Balaban J connectivity index is 0.000000388. The quantitative estimate of drug-likeness (QED) is 0.204. The molecule has 0 aromatic heterocycles. The molecule has 2 aliphatic carbocycles. The first-order valence-electron chi connectivity index (χ1n) is 13.1. The molecule has 6 N–H and O–H groups in total. The van der Waals surface area contributed by atoms with Crippen LogP contribution in [-0.4, -0.2) is 34.7 Å². The van der Waals surface area contributed by atoms with Crippen LogP contribution in [0.5, 0.6) is 0 Å². The monoisotopic (exact) mass is 498 g/mol. The Bertz CT molecular complexity index is 1010. The molecule has 0 spiro atoms. The Hall–Kier alpha value is -2.44. The maximum Gasteiger partial charge on any atom is 0.328 e. The molecule has 6 nitrogen and oxygen atoms in total. The lowest BCUT2D eigenvalue weighted by molar-refractivity contribution is -0.138. The molecule has 0 amide bonds. The Kier molecular flexibility index (Phi) is 9.71. The van der Waals surface area contributed by atoms with E-state index in [1.807, 2.05) is 13.0 Å². The molecule has 1 saturated carbocycles. The standard InChI is InChI=1S/C24H32O2.C6H14N2O2/c1-16(13-21(25)26)7-8-18-15-24(18,6)17-9-10-19-20(14-17)23(4,5)12-11-22(19,2)3;7-4-2-1-3-5(8)6(9)10/h7-10,13-14,18H,11-12,15H2,1-6H3,(H,25,26);5H,1-4,7-8H2,(H,9,10)/b8-7+,16-13+;/t18-,24-;/m1./s1. The van der Waals surface area contributed by atoms with Crippen LogP contribution in [0.2, 0.25) is 0 Å². The fourth-order valence-electron chi connectivity index (χ4n) is 5.10. The topological polar surface area (TPSA) is 127 Å². The number of benzene rings is 1. The molecule has 3 atom stereocenters. The van der Waals surface area contributed by atoms with Gasteiger partial charge in [0, 0.05) is 6.08 Å². The maximum absolute atomic E-state index is 10.8. The SMILES string of the molecule is CC(/C=C/[C@@H]1C[C@]1(C)c1ccc2c(c1)C(C)(C)CCC2(C)C)=C\C(=O)O.NCCCCC(N)C(=O)O. The minimum atomic E-state index is -0.933. The van der Waals surface area contributed by atoms with Gasteiger partial charge in [-0.2, -0.15) is 0 Å². The van der Waals surface area contributed by atoms with Crippen LogP contribution in [0.25, 0.3) is 0 Å². The van der Waals surface area contributed by atoms with Crippen LogP contribution in [0.3, 0.4) is 0 Å². The van der Waals surface area contributed by atoms with Gasteiger partial charge >= 0.3 is 11.9 Å².